The molecule has 1 aromatic heterocycles. The lowest BCUT2D eigenvalue weighted by Gasteiger charge is -2.17. The first-order valence-electron chi connectivity index (χ1n) is 5.67. The van der Waals surface area contributed by atoms with E-state index < -0.39 is 0 Å². The molecule has 0 aliphatic heterocycles. The number of halogens is 2. The molecule has 1 unspecified atom stereocenters. The highest BCUT2D eigenvalue weighted by molar-refractivity contribution is 7.10. The lowest BCUT2D eigenvalue weighted by molar-refractivity contribution is 0.406. The van der Waals surface area contributed by atoms with Crippen molar-refractivity contribution in [3.8, 4) is 5.75 Å². The summed E-state index contributed by atoms with van der Waals surface area (Å²) in [6.07, 6.45) is 0.653. The monoisotopic (exact) mass is 316 g/mol. The highest BCUT2D eigenvalue weighted by Crippen LogP contribution is 2.33. The van der Waals surface area contributed by atoms with Crippen LogP contribution in [0, 0.1) is 0 Å². The lowest BCUT2D eigenvalue weighted by atomic mass is 10.0. The summed E-state index contributed by atoms with van der Waals surface area (Å²) in [6, 6.07) is 7.32. The maximum atomic E-state index is 6.14. The van der Waals surface area contributed by atoms with Crippen molar-refractivity contribution in [3.05, 3.63) is 50.1 Å². The molecule has 0 saturated carbocycles. The number of thiophene rings is 1. The minimum Gasteiger partial charge on any atom is -0.496 e. The predicted octanol–water partition coefficient (Wildman–Crippen LogP) is 3.81. The van der Waals surface area contributed by atoms with Gasteiger partial charge >= 0.3 is 0 Å². The van der Waals surface area contributed by atoms with E-state index in [2.05, 4.69) is 5.43 Å². The average Bonchev–Trinajstić information content (AvgIpc) is 2.82. The Morgan fingerprint density at radius 3 is 2.74 bits per heavy atom. The molecule has 3 N–H and O–H groups in total. The van der Waals surface area contributed by atoms with Crippen molar-refractivity contribution in [2.24, 2.45) is 5.84 Å². The maximum absolute atomic E-state index is 6.14. The highest BCUT2D eigenvalue weighted by atomic mass is 35.5. The summed E-state index contributed by atoms with van der Waals surface area (Å²) < 4.78 is 5.34. The predicted molar refractivity (Wildman–Crippen MR) is 81.1 cm³/mol. The van der Waals surface area contributed by atoms with E-state index >= 15 is 0 Å². The SMILES string of the molecule is COc1ccc(Cl)cc1CC(NN)c1sccc1Cl. The largest absolute Gasteiger partial charge is 0.496 e. The molecule has 1 atom stereocenters. The van der Waals surface area contributed by atoms with Gasteiger partial charge in [0.25, 0.3) is 0 Å². The van der Waals surface area contributed by atoms with Gasteiger partial charge in [0.2, 0.25) is 0 Å². The summed E-state index contributed by atoms with van der Waals surface area (Å²) >= 11 is 13.7. The van der Waals surface area contributed by atoms with Crippen LogP contribution in [-0.4, -0.2) is 7.11 Å². The van der Waals surface area contributed by atoms with Crippen molar-refractivity contribution in [1.82, 2.24) is 5.43 Å². The second-order valence-electron chi connectivity index (χ2n) is 4.01. The minimum atomic E-state index is -0.0696. The van der Waals surface area contributed by atoms with Crippen molar-refractivity contribution in [1.29, 1.82) is 0 Å². The molecule has 0 amide bonds. The van der Waals surface area contributed by atoms with Crippen molar-refractivity contribution < 1.29 is 4.74 Å². The van der Waals surface area contributed by atoms with Crippen molar-refractivity contribution in [2.75, 3.05) is 7.11 Å². The molecule has 2 rings (SSSR count). The van der Waals surface area contributed by atoms with Gasteiger partial charge in [0.05, 0.1) is 18.2 Å². The van der Waals surface area contributed by atoms with E-state index in [-0.39, 0.29) is 6.04 Å². The number of benzene rings is 1. The van der Waals surface area contributed by atoms with Gasteiger partial charge in [0.15, 0.2) is 0 Å². The van der Waals surface area contributed by atoms with Crippen LogP contribution in [0.5, 0.6) is 5.75 Å². The maximum Gasteiger partial charge on any atom is 0.122 e. The van der Waals surface area contributed by atoms with Crippen LogP contribution >= 0.6 is 34.5 Å². The number of rotatable bonds is 5. The summed E-state index contributed by atoms with van der Waals surface area (Å²) in [5, 5.41) is 3.33. The van der Waals surface area contributed by atoms with Crippen LogP contribution in [0.1, 0.15) is 16.5 Å². The van der Waals surface area contributed by atoms with Crippen LogP contribution in [0.3, 0.4) is 0 Å². The Labute approximate surface area is 126 Å². The molecular weight excluding hydrogens is 303 g/mol. The van der Waals surface area contributed by atoms with E-state index in [0.717, 1.165) is 16.2 Å². The summed E-state index contributed by atoms with van der Waals surface area (Å²) in [6.45, 7) is 0. The van der Waals surface area contributed by atoms with E-state index in [0.29, 0.717) is 16.5 Å². The Morgan fingerprint density at radius 1 is 1.37 bits per heavy atom. The van der Waals surface area contributed by atoms with Crippen LogP contribution in [0.4, 0.5) is 0 Å². The Hall–Kier alpha value is -0.780. The fraction of sp³-hybridized carbons (Fsp3) is 0.231. The third kappa shape index (κ3) is 3.41. The quantitative estimate of drug-likeness (QED) is 0.651. The number of hydrogen-bond acceptors (Lipinski definition) is 4. The zero-order chi connectivity index (χ0) is 13.8. The first-order valence-corrected chi connectivity index (χ1v) is 7.30. The van der Waals surface area contributed by atoms with Crippen molar-refractivity contribution >= 4 is 34.5 Å². The minimum absolute atomic E-state index is 0.0696. The van der Waals surface area contributed by atoms with Gasteiger partial charge in [-0.1, -0.05) is 23.2 Å². The third-order valence-corrected chi connectivity index (χ3v) is 4.54. The summed E-state index contributed by atoms with van der Waals surface area (Å²) in [7, 11) is 1.63. The van der Waals surface area contributed by atoms with E-state index in [9.17, 15) is 0 Å². The molecule has 19 heavy (non-hydrogen) atoms. The molecule has 0 aliphatic rings. The Balaban J connectivity index is 2.28. The van der Waals surface area contributed by atoms with Gasteiger partial charge in [-0.15, -0.1) is 11.3 Å². The molecule has 0 radical (unpaired) electrons. The smallest absolute Gasteiger partial charge is 0.122 e. The second kappa shape index (κ2) is 6.59. The van der Waals surface area contributed by atoms with E-state index in [4.69, 9.17) is 33.8 Å². The summed E-state index contributed by atoms with van der Waals surface area (Å²) in [5.41, 5.74) is 3.78. The standard InChI is InChI=1S/C13H14Cl2N2OS/c1-18-12-3-2-9(14)6-8(12)7-11(17-16)13-10(15)4-5-19-13/h2-6,11,17H,7,16H2,1H3. The topological polar surface area (TPSA) is 47.3 Å². The van der Waals surface area contributed by atoms with Gasteiger partial charge in [-0.2, -0.15) is 0 Å². The summed E-state index contributed by atoms with van der Waals surface area (Å²) in [4.78, 5) is 1.01. The number of hydrazine groups is 1. The zero-order valence-electron chi connectivity index (χ0n) is 10.3. The van der Waals surface area contributed by atoms with Gasteiger partial charge in [-0.3, -0.25) is 11.3 Å². The fourth-order valence-electron chi connectivity index (χ4n) is 1.91. The Bertz CT molecular complexity index is 559. The first kappa shape index (κ1) is 14.6. The molecule has 6 heteroatoms. The van der Waals surface area contributed by atoms with E-state index in [1.807, 2.05) is 23.6 Å². The number of hydrogen-bond donors (Lipinski definition) is 2. The van der Waals surface area contributed by atoms with Crippen molar-refractivity contribution in [2.45, 2.75) is 12.5 Å². The van der Waals surface area contributed by atoms with E-state index in [1.165, 1.54) is 0 Å². The average molecular weight is 317 g/mol. The van der Waals surface area contributed by atoms with Crippen LogP contribution in [0.2, 0.25) is 10.0 Å². The number of nitrogens with two attached hydrogens (primary N) is 1. The molecule has 2 aromatic rings. The molecule has 1 heterocycles. The van der Waals surface area contributed by atoms with Gasteiger partial charge < -0.3 is 4.74 Å². The highest BCUT2D eigenvalue weighted by Gasteiger charge is 2.17. The van der Waals surface area contributed by atoms with E-state index in [1.54, 1.807) is 24.5 Å². The Kier molecular flexibility index (Phi) is 5.07. The molecule has 1 aromatic carbocycles. The van der Waals surface area contributed by atoms with Crippen LogP contribution < -0.4 is 16.0 Å². The van der Waals surface area contributed by atoms with Crippen LogP contribution in [0.15, 0.2) is 29.6 Å². The first-order chi connectivity index (χ1) is 9.15. The molecule has 3 nitrogen and oxygen atoms in total. The normalized spacial score (nSPS) is 12.4. The number of ether oxygens (including phenoxy) is 1. The molecular formula is C13H14Cl2N2OS. The molecule has 0 bridgehead atoms. The second-order valence-corrected chi connectivity index (χ2v) is 5.80. The van der Waals surface area contributed by atoms with Crippen LogP contribution in [0.25, 0.3) is 0 Å². The Morgan fingerprint density at radius 2 is 2.16 bits per heavy atom. The molecule has 0 aliphatic carbocycles. The third-order valence-electron chi connectivity index (χ3n) is 2.83. The van der Waals surface area contributed by atoms with Gasteiger partial charge in [-0.25, -0.2) is 0 Å². The van der Waals surface area contributed by atoms with Gasteiger partial charge in [-0.05, 0) is 41.6 Å². The molecule has 0 fully saturated rings. The zero-order valence-corrected chi connectivity index (χ0v) is 12.6. The number of nitrogens with one attached hydrogen (secondary N) is 1. The molecule has 102 valence electrons. The fourth-order valence-corrected chi connectivity index (χ4v) is 3.35. The summed E-state index contributed by atoms with van der Waals surface area (Å²) in [5.74, 6) is 6.42. The molecule has 0 saturated heterocycles. The number of methoxy groups -OCH3 is 1. The van der Waals surface area contributed by atoms with Gasteiger partial charge in [0, 0.05) is 9.90 Å². The van der Waals surface area contributed by atoms with Gasteiger partial charge in [0.1, 0.15) is 5.75 Å². The lowest BCUT2D eigenvalue weighted by Crippen LogP contribution is -2.29. The van der Waals surface area contributed by atoms with Crippen molar-refractivity contribution in [3.63, 3.8) is 0 Å². The van der Waals surface area contributed by atoms with Crippen LogP contribution in [-0.2, 0) is 6.42 Å². The molecule has 0 spiro atoms.